The summed E-state index contributed by atoms with van der Waals surface area (Å²) in [4.78, 5) is 10.9. The molecular formula is C13H25IN6. The lowest BCUT2D eigenvalue weighted by molar-refractivity contribution is 0.469. The highest BCUT2D eigenvalue weighted by atomic mass is 127. The van der Waals surface area contributed by atoms with Gasteiger partial charge in [-0.3, -0.25) is 4.68 Å². The number of halogens is 1. The Hall–Kier alpha value is -1.12. The molecule has 0 aromatic carbocycles. The lowest BCUT2D eigenvalue weighted by atomic mass is 10.3. The van der Waals surface area contributed by atoms with Crippen molar-refractivity contribution < 1.29 is 0 Å². The normalized spacial score (nSPS) is 10.8. The summed E-state index contributed by atoms with van der Waals surface area (Å²) >= 11 is 0. The van der Waals surface area contributed by atoms with Gasteiger partial charge in [0.1, 0.15) is 18.7 Å². The molecule has 0 aliphatic heterocycles. The number of hydrogen-bond donors (Lipinski definition) is 1. The van der Waals surface area contributed by atoms with Gasteiger partial charge in [-0.15, -0.1) is 30.6 Å². The molecule has 1 rings (SSSR count). The lowest BCUT2D eigenvalue weighted by Crippen LogP contribution is -2.39. The Balaban J connectivity index is 0.00000361. The number of rotatable bonds is 7. The summed E-state index contributed by atoms with van der Waals surface area (Å²) in [5.41, 5.74) is 0. The van der Waals surface area contributed by atoms with Gasteiger partial charge in [0.15, 0.2) is 5.96 Å². The highest BCUT2D eigenvalue weighted by molar-refractivity contribution is 14.0. The van der Waals surface area contributed by atoms with Crippen LogP contribution in [0.1, 0.15) is 25.6 Å². The van der Waals surface area contributed by atoms with Crippen LogP contribution in [0.15, 0.2) is 24.0 Å². The van der Waals surface area contributed by atoms with E-state index in [4.69, 9.17) is 0 Å². The van der Waals surface area contributed by atoms with E-state index in [1.54, 1.807) is 11.0 Å². The molecule has 1 N–H and O–H groups in total. The molecule has 20 heavy (non-hydrogen) atoms. The Kier molecular flexibility index (Phi) is 10.0. The molecule has 0 amide bonds. The maximum Gasteiger partial charge on any atom is 0.194 e. The van der Waals surface area contributed by atoms with Gasteiger partial charge in [0.05, 0.1) is 0 Å². The van der Waals surface area contributed by atoms with Crippen molar-refractivity contribution in [1.82, 2.24) is 25.0 Å². The summed E-state index contributed by atoms with van der Waals surface area (Å²) in [6.45, 7) is 8.14. The highest BCUT2D eigenvalue weighted by Gasteiger charge is 2.06. The number of aryl methyl sites for hydroxylation is 1. The van der Waals surface area contributed by atoms with Crippen LogP contribution in [0.3, 0.4) is 0 Å². The Morgan fingerprint density at radius 3 is 2.90 bits per heavy atom. The molecular weight excluding hydrogens is 367 g/mol. The van der Waals surface area contributed by atoms with Crippen molar-refractivity contribution in [2.75, 3.05) is 20.1 Å². The number of allylic oxidation sites excluding steroid dienone is 1. The number of guanidine groups is 1. The maximum atomic E-state index is 4.58. The first-order valence-electron chi connectivity index (χ1n) is 6.62. The Morgan fingerprint density at radius 2 is 2.35 bits per heavy atom. The van der Waals surface area contributed by atoms with E-state index >= 15 is 0 Å². The number of nitrogens with one attached hydrogen (secondary N) is 1. The van der Waals surface area contributed by atoms with Gasteiger partial charge in [0.2, 0.25) is 0 Å². The Morgan fingerprint density at radius 1 is 1.60 bits per heavy atom. The van der Waals surface area contributed by atoms with E-state index in [2.05, 4.69) is 38.8 Å². The predicted octanol–water partition coefficient (Wildman–Crippen LogP) is 1.80. The molecule has 0 radical (unpaired) electrons. The maximum absolute atomic E-state index is 4.58. The van der Waals surface area contributed by atoms with Crippen molar-refractivity contribution in [3.63, 3.8) is 0 Å². The summed E-state index contributed by atoms with van der Waals surface area (Å²) in [7, 11) is 3.92. The van der Waals surface area contributed by atoms with Crippen molar-refractivity contribution in [1.29, 1.82) is 0 Å². The zero-order valence-corrected chi connectivity index (χ0v) is 14.9. The van der Waals surface area contributed by atoms with Gasteiger partial charge in [-0.1, -0.05) is 6.08 Å². The minimum atomic E-state index is 0. The van der Waals surface area contributed by atoms with Crippen LogP contribution in [0.25, 0.3) is 0 Å². The van der Waals surface area contributed by atoms with Gasteiger partial charge in [-0.25, -0.2) is 9.98 Å². The third kappa shape index (κ3) is 6.36. The van der Waals surface area contributed by atoms with Crippen molar-refractivity contribution in [3.05, 3.63) is 24.8 Å². The van der Waals surface area contributed by atoms with Crippen LogP contribution in [0.2, 0.25) is 0 Å². The molecule has 1 aromatic heterocycles. The smallest absolute Gasteiger partial charge is 0.194 e. The second-order valence-electron chi connectivity index (χ2n) is 4.32. The second kappa shape index (κ2) is 10.6. The van der Waals surface area contributed by atoms with Crippen LogP contribution in [-0.4, -0.2) is 45.8 Å². The summed E-state index contributed by atoms with van der Waals surface area (Å²) in [6.07, 6.45) is 5.59. The Bertz CT molecular complexity index is 415. The fourth-order valence-electron chi connectivity index (χ4n) is 1.66. The number of aromatic nitrogens is 3. The third-order valence-electron chi connectivity index (χ3n) is 2.77. The molecule has 1 aromatic rings. The van der Waals surface area contributed by atoms with E-state index in [0.29, 0.717) is 6.54 Å². The van der Waals surface area contributed by atoms with E-state index < -0.39 is 0 Å². The van der Waals surface area contributed by atoms with Crippen molar-refractivity contribution >= 4 is 29.9 Å². The number of unbranched alkanes of at least 4 members (excludes halogenated alkanes) is 1. The van der Waals surface area contributed by atoms with E-state index in [9.17, 15) is 0 Å². The molecule has 0 saturated carbocycles. The molecule has 0 fully saturated rings. The third-order valence-corrected chi connectivity index (χ3v) is 2.77. The average molecular weight is 392 g/mol. The van der Waals surface area contributed by atoms with Crippen LogP contribution in [-0.2, 0) is 13.6 Å². The fraction of sp³-hybridized carbons (Fsp3) is 0.615. The SMILES string of the molecule is C=CCCCN(C)C(=NCc1ncnn1C)NCC.I. The quantitative estimate of drug-likeness (QED) is 0.253. The molecule has 0 aliphatic carbocycles. The minimum absolute atomic E-state index is 0. The Labute approximate surface area is 138 Å². The van der Waals surface area contributed by atoms with Crippen molar-refractivity contribution in [3.8, 4) is 0 Å². The molecule has 0 bridgehead atoms. The lowest BCUT2D eigenvalue weighted by Gasteiger charge is -2.21. The van der Waals surface area contributed by atoms with E-state index in [1.807, 2.05) is 20.2 Å². The number of aliphatic imine (C=N–C) groups is 1. The van der Waals surface area contributed by atoms with Crippen LogP contribution in [0, 0.1) is 0 Å². The van der Waals surface area contributed by atoms with E-state index in [0.717, 1.165) is 37.7 Å². The largest absolute Gasteiger partial charge is 0.357 e. The van der Waals surface area contributed by atoms with Crippen LogP contribution < -0.4 is 5.32 Å². The molecule has 6 nitrogen and oxygen atoms in total. The molecule has 114 valence electrons. The van der Waals surface area contributed by atoms with E-state index in [-0.39, 0.29) is 24.0 Å². The van der Waals surface area contributed by atoms with Gasteiger partial charge in [0, 0.05) is 27.2 Å². The molecule has 0 saturated heterocycles. The molecule has 0 atom stereocenters. The van der Waals surface area contributed by atoms with Crippen LogP contribution in [0.4, 0.5) is 0 Å². The van der Waals surface area contributed by atoms with E-state index in [1.165, 1.54) is 0 Å². The monoisotopic (exact) mass is 392 g/mol. The summed E-state index contributed by atoms with van der Waals surface area (Å²) < 4.78 is 1.74. The standard InChI is InChI=1S/C13H24N6.HI/c1-5-7-8-9-18(3)13(14-6-2)15-10-12-16-11-17-19(12)4;/h5,11H,1,6-10H2,2-4H3,(H,14,15);1H. The molecule has 0 spiro atoms. The van der Waals surface area contributed by atoms with Gasteiger partial charge in [-0.05, 0) is 19.8 Å². The predicted molar refractivity (Wildman–Crippen MR) is 93.3 cm³/mol. The van der Waals surface area contributed by atoms with Gasteiger partial charge in [-0.2, -0.15) is 5.10 Å². The van der Waals surface area contributed by atoms with Crippen LogP contribution >= 0.6 is 24.0 Å². The van der Waals surface area contributed by atoms with Gasteiger partial charge >= 0.3 is 0 Å². The first-order chi connectivity index (χ1) is 9.19. The zero-order chi connectivity index (χ0) is 14.1. The molecule has 1 heterocycles. The summed E-state index contributed by atoms with van der Waals surface area (Å²) in [5, 5.41) is 7.32. The molecule has 0 unspecified atom stereocenters. The second-order valence-corrected chi connectivity index (χ2v) is 4.32. The zero-order valence-electron chi connectivity index (χ0n) is 12.5. The number of hydrogen-bond acceptors (Lipinski definition) is 3. The minimum Gasteiger partial charge on any atom is -0.357 e. The summed E-state index contributed by atoms with van der Waals surface area (Å²) in [6, 6.07) is 0. The average Bonchev–Trinajstić information content (AvgIpc) is 2.80. The summed E-state index contributed by atoms with van der Waals surface area (Å²) in [5.74, 6) is 1.75. The first kappa shape index (κ1) is 18.9. The van der Waals surface area contributed by atoms with Crippen molar-refractivity contribution in [2.45, 2.75) is 26.3 Å². The van der Waals surface area contributed by atoms with Crippen LogP contribution in [0.5, 0.6) is 0 Å². The first-order valence-corrected chi connectivity index (χ1v) is 6.62. The molecule has 0 aliphatic rings. The van der Waals surface area contributed by atoms with Gasteiger partial charge in [0.25, 0.3) is 0 Å². The van der Waals surface area contributed by atoms with Gasteiger partial charge < -0.3 is 10.2 Å². The fourth-order valence-corrected chi connectivity index (χ4v) is 1.66. The highest BCUT2D eigenvalue weighted by Crippen LogP contribution is 1.98. The topological polar surface area (TPSA) is 58.3 Å². The number of nitrogens with zero attached hydrogens (tertiary/aromatic N) is 5. The van der Waals surface area contributed by atoms with Crippen molar-refractivity contribution in [2.24, 2.45) is 12.0 Å². The molecule has 7 heteroatoms.